The Balaban J connectivity index is 1.97. The minimum Gasteiger partial charge on any atom is -0.306 e. The van der Waals surface area contributed by atoms with Crippen molar-refractivity contribution in [3.63, 3.8) is 0 Å². The van der Waals surface area contributed by atoms with Gasteiger partial charge in [0.15, 0.2) is 0 Å². The molecular formula is C11H10Cl2N2O2. The van der Waals surface area contributed by atoms with Crippen LogP contribution < -0.4 is 10.6 Å². The monoisotopic (exact) mass is 272 g/mol. The molecular weight excluding hydrogens is 263 g/mol. The number of amides is 3. The van der Waals surface area contributed by atoms with E-state index in [1.165, 1.54) is 6.07 Å². The molecule has 0 bridgehead atoms. The van der Waals surface area contributed by atoms with E-state index < -0.39 is 6.03 Å². The maximum Gasteiger partial charge on any atom is 0.325 e. The van der Waals surface area contributed by atoms with Crippen LogP contribution in [0.15, 0.2) is 18.2 Å². The number of hydrogen-bond acceptors (Lipinski definition) is 2. The van der Waals surface area contributed by atoms with Gasteiger partial charge in [-0.1, -0.05) is 23.2 Å². The molecule has 6 heteroatoms. The second-order valence-electron chi connectivity index (χ2n) is 3.84. The average Bonchev–Trinajstić information content (AvgIpc) is 3.06. The summed E-state index contributed by atoms with van der Waals surface area (Å²) in [6.45, 7) is 0. The summed E-state index contributed by atoms with van der Waals surface area (Å²) in [6, 6.07) is 4.11. The number of urea groups is 1. The first-order valence-electron chi connectivity index (χ1n) is 5.13. The largest absolute Gasteiger partial charge is 0.325 e. The minimum atomic E-state index is -0.592. The van der Waals surface area contributed by atoms with Gasteiger partial charge in [-0.05, 0) is 31.0 Å². The minimum absolute atomic E-state index is 0.0180. The Kier molecular flexibility index (Phi) is 3.54. The molecule has 17 heavy (non-hydrogen) atoms. The lowest BCUT2D eigenvalue weighted by molar-refractivity contribution is -0.121. The van der Waals surface area contributed by atoms with Crippen LogP contribution in [0.5, 0.6) is 0 Å². The van der Waals surface area contributed by atoms with Crippen molar-refractivity contribution in [2.45, 2.75) is 12.8 Å². The van der Waals surface area contributed by atoms with Gasteiger partial charge in [0.25, 0.3) is 0 Å². The maximum atomic E-state index is 11.5. The predicted molar refractivity (Wildman–Crippen MR) is 66.3 cm³/mol. The summed E-state index contributed by atoms with van der Waals surface area (Å²) in [5, 5.41) is 5.54. The van der Waals surface area contributed by atoms with Crippen LogP contribution in [-0.2, 0) is 4.79 Å². The Morgan fingerprint density at radius 2 is 1.94 bits per heavy atom. The molecule has 2 N–H and O–H groups in total. The van der Waals surface area contributed by atoms with E-state index in [2.05, 4.69) is 10.6 Å². The summed E-state index contributed by atoms with van der Waals surface area (Å²) < 4.78 is 0. The summed E-state index contributed by atoms with van der Waals surface area (Å²) in [5.41, 5.74) is 0.375. The molecule has 0 unspecified atom stereocenters. The highest BCUT2D eigenvalue weighted by atomic mass is 35.5. The fraction of sp³-hybridized carbons (Fsp3) is 0.273. The smallest absolute Gasteiger partial charge is 0.306 e. The Hall–Kier alpha value is -1.26. The Bertz CT molecular complexity index is 473. The zero-order valence-electron chi connectivity index (χ0n) is 8.80. The van der Waals surface area contributed by atoms with Gasteiger partial charge in [-0.15, -0.1) is 0 Å². The summed E-state index contributed by atoms with van der Waals surface area (Å²) in [7, 11) is 0. The number of halogens is 2. The number of benzene rings is 1. The molecule has 1 saturated carbocycles. The molecule has 0 radical (unpaired) electrons. The average molecular weight is 273 g/mol. The molecule has 1 aromatic rings. The van der Waals surface area contributed by atoms with E-state index in [9.17, 15) is 9.59 Å². The van der Waals surface area contributed by atoms with E-state index in [0.717, 1.165) is 12.8 Å². The van der Waals surface area contributed by atoms with E-state index in [0.29, 0.717) is 15.7 Å². The van der Waals surface area contributed by atoms with Crippen LogP contribution in [0.25, 0.3) is 0 Å². The van der Waals surface area contributed by atoms with E-state index in [1.807, 2.05) is 0 Å². The molecule has 90 valence electrons. The molecule has 2 rings (SSSR count). The summed E-state index contributed by atoms with van der Waals surface area (Å²) in [5.74, 6) is -0.267. The van der Waals surface area contributed by atoms with Crippen molar-refractivity contribution >= 4 is 40.8 Å². The van der Waals surface area contributed by atoms with Gasteiger partial charge in [0, 0.05) is 10.9 Å². The summed E-state index contributed by atoms with van der Waals surface area (Å²) >= 11 is 11.6. The van der Waals surface area contributed by atoms with E-state index >= 15 is 0 Å². The van der Waals surface area contributed by atoms with Crippen molar-refractivity contribution < 1.29 is 9.59 Å². The van der Waals surface area contributed by atoms with Gasteiger partial charge in [-0.3, -0.25) is 10.1 Å². The lowest BCUT2D eigenvalue weighted by atomic mass is 10.3. The van der Waals surface area contributed by atoms with Crippen LogP contribution in [0.3, 0.4) is 0 Å². The highest BCUT2D eigenvalue weighted by molar-refractivity contribution is 6.35. The number of carbonyl (C=O) groups is 2. The van der Waals surface area contributed by atoms with Gasteiger partial charge >= 0.3 is 6.03 Å². The molecule has 1 aliphatic carbocycles. The Labute approximate surface area is 108 Å². The topological polar surface area (TPSA) is 58.2 Å². The summed E-state index contributed by atoms with van der Waals surface area (Å²) in [6.07, 6.45) is 1.69. The van der Waals surface area contributed by atoms with Crippen molar-refractivity contribution in [1.29, 1.82) is 0 Å². The van der Waals surface area contributed by atoms with Crippen LogP contribution in [0.1, 0.15) is 12.8 Å². The third kappa shape index (κ3) is 3.35. The van der Waals surface area contributed by atoms with Crippen molar-refractivity contribution in [2.75, 3.05) is 5.32 Å². The lowest BCUT2D eigenvalue weighted by Crippen LogP contribution is -2.35. The molecule has 1 aliphatic rings. The van der Waals surface area contributed by atoms with Crippen molar-refractivity contribution in [3.05, 3.63) is 28.2 Å². The normalized spacial score (nSPS) is 14.2. The standard InChI is InChI=1S/C11H10Cl2N2O2/c12-7-3-4-8(13)9(5-7)14-11(17)15-10(16)6-1-2-6/h3-6H,1-2H2,(H2,14,15,16,17). The van der Waals surface area contributed by atoms with Crippen molar-refractivity contribution in [3.8, 4) is 0 Å². The molecule has 4 nitrogen and oxygen atoms in total. The maximum absolute atomic E-state index is 11.5. The molecule has 1 aromatic carbocycles. The van der Waals surface area contributed by atoms with Crippen LogP contribution >= 0.6 is 23.2 Å². The second-order valence-corrected chi connectivity index (χ2v) is 4.69. The molecule has 0 atom stereocenters. The predicted octanol–water partition coefficient (Wildman–Crippen LogP) is 3.05. The van der Waals surface area contributed by atoms with Gasteiger partial charge in [-0.2, -0.15) is 0 Å². The first kappa shape index (κ1) is 12.2. The van der Waals surface area contributed by atoms with Gasteiger partial charge in [0.1, 0.15) is 0 Å². The first-order valence-corrected chi connectivity index (χ1v) is 5.89. The highest BCUT2D eigenvalue weighted by Crippen LogP contribution is 2.29. The molecule has 0 saturated heterocycles. The van der Waals surface area contributed by atoms with Gasteiger partial charge in [0.2, 0.25) is 5.91 Å². The van der Waals surface area contributed by atoms with E-state index in [-0.39, 0.29) is 11.8 Å². The first-order chi connectivity index (χ1) is 8.06. The SMILES string of the molecule is O=C(NC(=O)C1CC1)Nc1cc(Cl)ccc1Cl. The number of rotatable bonds is 2. The number of nitrogens with one attached hydrogen (secondary N) is 2. The fourth-order valence-corrected chi connectivity index (χ4v) is 1.64. The lowest BCUT2D eigenvalue weighted by Gasteiger charge is -2.08. The van der Waals surface area contributed by atoms with E-state index in [4.69, 9.17) is 23.2 Å². The van der Waals surface area contributed by atoms with Gasteiger partial charge < -0.3 is 5.32 Å². The molecule has 3 amide bonds. The third-order valence-corrected chi connectivity index (χ3v) is 2.93. The quantitative estimate of drug-likeness (QED) is 0.870. The zero-order chi connectivity index (χ0) is 12.4. The molecule has 0 spiro atoms. The van der Waals surface area contributed by atoms with Crippen LogP contribution in [-0.4, -0.2) is 11.9 Å². The van der Waals surface area contributed by atoms with Crippen molar-refractivity contribution in [1.82, 2.24) is 5.32 Å². The molecule has 0 heterocycles. The van der Waals surface area contributed by atoms with Crippen LogP contribution in [0.4, 0.5) is 10.5 Å². The number of imide groups is 1. The Morgan fingerprint density at radius 1 is 1.24 bits per heavy atom. The van der Waals surface area contributed by atoms with Crippen molar-refractivity contribution in [2.24, 2.45) is 5.92 Å². The number of carbonyl (C=O) groups excluding carboxylic acids is 2. The van der Waals surface area contributed by atoms with Gasteiger partial charge in [0.05, 0.1) is 10.7 Å². The number of hydrogen-bond donors (Lipinski definition) is 2. The Morgan fingerprint density at radius 3 is 2.59 bits per heavy atom. The highest BCUT2D eigenvalue weighted by Gasteiger charge is 2.30. The second kappa shape index (κ2) is 4.94. The van der Waals surface area contributed by atoms with E-state index in [1.54, 1.807) is 12.1 Å². The third-order valence-electron chi connectivity index (χ3n) is 2.36. The number of anilines is 1. The zero-order valence-corrected chi connectivity index (χ0v) is 10.3. The van der Waals surface area contributed by atoms with Crippen LogP contribution in [0, 0.1) is 5.92 Å². The van der Waals surface area contributed by atoms with Crippen LogP contribution in [0.2, 0.25) is 10.0 Å². The molecule has 0 aliphatic heterocycles. The fourth-order valence-electron chi connectivity index (χ4n) is 1.31. The molecule has 1 fully saturated rings. The summed E-state index contributed by atoms with van der Waals surface area (Å²) in [4.78, 5) is 22.8. The molecule has 0 aromatic heterocycles. The van der Waals surface area contributed by atoms with Gasteiger partial charge in [-0.25, -0.2) is 4.79 Å².